The topological polar surface area (TPSA) is 78.9 Å². The molecule has 0 aliphatic rings. The SMILES string of the molecule is C=C(C)C(=O)Oc1ccc(OC(=O)c2ccc3cc(OC(=O)C(=C)C)ccc3c2)cc1. The molecule has 0 aromatic heterocycles. The first-order valence-corrected chi connectivity index (χ1v) is 9.34. The summed E-state index contributed by atoms with van der Waals surface area (Å²) in [6.45, 7) is 10.2. The molecule has 3 rings (SSSR count). The zero-order valence-corrected chi connectivity index (χ0v) is 17.1. The minimum atomic E-state index is -0.536. The Morgan fingerprint density at radius 3 is 1.65 bits per heavy atom. The van der Waals surface area contributed by atoms with Gasteiger partial charge in [0.05, 0.1) is 5.56 Å². The summed E-state index contributed by atoms with van der Waals surface area (Å²) in [6.07, 6.45) is 0. The van der Waals surface area contributed by atoms with Crippen LogP contribution in [0, 0.1) is 0 Å². The first-order chi connectivity index (χ1) is 14.7. The van der Waals surface area contributed by atoms with Crippen LogP contribution in [0.4, 0.5) is 0 Å². The molecule has 3 aromatic carbocycles. The highest BCUT2D eigenvalue weighted by atomic mass is 16.5. The summed E-state index contributed by atoms with van der Waals surface area (Å²) in [5, 5.41) is 1.58. The molecule has 0 aliphatic carbocycles. The van der Waals surface area contributed by atoms with Crippen molar-refractivity contribution in [2.24, 2.45) is 0 Å². The van der Waals surface area contributed by atoms with Gasteiger partial charge in [0.15, 0.2) is 0 Å². The van der Waals surface area contributed by atoms with Gasteiger partial charge in [-0.05, 0) is 73.2 Å². The van der Waals surface area contributed by atoms with E-state index in [1.807, 2.05) is 0 Å². The largest absolute Gasteiger partial charge is 0.423 e. The molecule has 0 bridgehead atoms. The molecule has 3 aromatic rings. The number of hydrogen-bond acceptors (Lipinski definition) is 6. The molecule has 0 spiro atoms. The van der Waals surface area contributed by atoms with E-state index in [1.165, 1.54) is 24.3 Å². The number of carbonyl (C=O) groups excluding carboxylic acids is 3. The van der Waals surface area contributed by atoms with Gasteiger partial charge in [-0.2, -0.15) is 0 Å². The van der Waals surface area contributed by atoms with Crippen molar-refractivity contribution in [3.8, 4) is 17.2 Å². The molecule has 0 radical (unpaired) electrons. The Morgan fingerprint density at radius 2 is 1.06 bits per heavy atom. The summed E-state index contributed by atoms with van der Waals surface area (Å²) in [6, 6.07) is 16.3. The van der Waals surface area contributed by atoms with E-state index >= 15 is 0 Å². The Labute approximate surface area is 179 Å². The highest BCUT2D eigenvalue weighted by Crippen LogP contribution is 2.24. The first kappa shape index (κ1) is 21.5. The summed E-state index contributed by atoms with van der Waals surface area (Å²) < 4.78 is 15.7. The Morgan fingerprint density at radius 1 is 0.613 bits per heavy atom. The average molecular weight is 416 g/mol. The van der Waals surface area contributed by atoms with Gasteiger partial charge >= 0.3 is 17.9 Å². The monoisotopic (exact) mass is 416 g/mol. The Balaban J connectivity index is 1.70. The first-order valence-electron chi connectivity index (χ1n) is 9.34. The summed E-state index contributed by atoms with van der Waals surface area (Å²) in [7, 11) is 0. The zero-order chi connectivity index (χ0) is 22.5. The lowest BCUT2D eigenvalue weighted by Crippen LogP contribution is -2.09. The van der Waals surface area contributed by atoms with E-state index in [0.29, 0.717) is 28.4 Å². The third-order valence-corrected chi connectivity index (χ3v) is 4.20. The van der Waals surface area contributed by atoms with Gasteiger partial charge in [0.2, 0.25) is 0 Å². The Bertz CT molecular complexity index is 1200. The number of fused-ring (bicyclic) bond motifs is 1. The second kappa shape index (κ2) is 9.09. The fourth-order valence-corrected chi connectivity index (χ4v) is 2.54. The summed E-state index contributed by atoms with van der Waals surface area (Å²) in [4.78, 5) is 35.7. The van der Waals surface area contributed by atoms with Crippen molar-refractivity contribution in [3.63, 3.8) is 0 Å². The van der Waals surface area contributed by atoms with Gasteiger partial charge in [-0.25, -0.2) is 14.4 Å². The van der Waals surface area contributed by atoms with Gasteiger partial charge in [-0.3, -0.25) is 0 Å². The molecule has 0 saturated carbocycles. The number of hydrogen-bond donors (Lipinski definition) is 0. The second-order valence-corrected chi connectivity index (χ2v) is 6.92. The van der Waals surface area contributed by atoms with E-state index in [9.17, 15) is 14.4 Å². The fraction of sp³-hybridized carbons (Fsp3) is 0.0800. The van der Waals surface area contributed by atoms with E-state index in [1.54, 1.807) is 50.2 Å². The number of rotatable bonds is 6. The van der Waals surface area contributed by atoms with Crippen LogP contribution in [0.15, 0.2) is 85.0 Å². The lowest BCUT2D eigenvalue weighted by atomic mass is 10.1. The molecule has 0 N–H and O–H groups in total. The highest BCUT2D eigenvalue weighted by Gasteiger charge is 2.12. The van der Waals surface area contributed by atoms with E-state index < -0.39 is 17.9 Å². The number of benzene rings is 3. The molecule has 31 heavy (non-hydrogen) atoms. The molecular formula is C25H20O6. The lowest BCUT2D eigenvalue weighted by Gasteiger charge is -2.08. The van der Waals surface area contributed by atoms with Gasteiger partial charge in [0.1, 0.15) is 17.2 Å². The number of carbonyl (C=O) groups is 3. The Kier molecular flexibility index (Phi) is 6.31. The predicted octanol–water partition coefficient (Wildman–Crippen LogP) is 5.02. The molecule has 0 amide bonds. The third kappa shape index (κ3) is 5.45. The quantitative estimate of drug-likeness (QED) is 0.319. The third-order valence-electron chi connectivity index (χ3n) is 4.20. The summed E-state index contributed by atoms with van der Waals surface area (Å²) in [5.41, 5.74) is 0.949. The van der Waals surface area contributed by atoms with Crippen molar-refractivity contribution in [1.29, 1.82) is 0 Å². The van der Waals surface area contributed by atoms with Crippen LogP contribution in [0.1, 0.15) is 24.2 Å². The fourth-order valence-electron chi connectivity index (χ4n) is 2.54. The molecule has 0 aliphatic heterocycles. The Hall–Kier alpha value is -4.19. The molecular weight excluding hydrogens is 396 g/mol. The van der Waals surface area contributed by atoms with Crippen molar-refractivity contribution >= 4 is 28.7 Å². The molecule has 0 saturated heterocycles. The predicted molar refractivity (Wildman–Crippen MR) is 116 cm³/mol. The molecule has 6 nitrogen and oxygen atoms in total. The van der Waals surface area contributed by atoms with Crippen molar-refractivity contribution in [2.45, 2.75) is 13.8 Å². The van der Waals surface area contributed by atoms with Crippen LogP contribution in [0.3, 0.4) is 0 Å². The van der Waals surface area contributed by atoms with Crippen LogP contribution in [0.25, 0.3) is 10.8 Å². The maximum absolute atomic E-state index is 12.5. The lowest BCUT2D eigenvalue weighted by molar-refractivity contribution is -0.130. The number of esters is 3. The molecule has 156 valence electrons. The van der Waals surface area contributed by atoms with Crippen molar-refractivity contribution in [3.05, 3.63) is 90.5 Å². The molecule has 0 fully saturated rings. The van der Waals surface area contributed by atoms with Crippen LogP contribution in [0.5, 0.6) is 17.2 Å². The summed E-state index contributed by atoms with van der Waals surface area (Å²) in [5.74, 6) is -0.544. The standard InChI is InChI=1S/C25H20O6/c1-15(2)23(26)29-20-9-11-21(12-10-20)30-25(28)19-6-5-18-14-22(8-7-17(18)13-19)31-24(27)16(3)4/h5-14H,1,3H2,2,4H3. The maximum atomic E-state index is 12.5. The molecule has 0 heterocycles. The maximum Gasteiger partial charge on any atom is 0.343 e. The van der Waals surface area contributed by atoms with E-state index in [0.717, 1.165) is 10.8 Å². The van der Waals surface area contributed by atoms with Crippen LogP contribution in [-0.2, 0) is 9.59 Å². The van der Waals surface area contributed by atoms with Crippen LogP contribution in [0.2, 0.25) is 0 Å². The van der Waals surface area contributed by atoms with Crippen molar-refractivity contribution in [2.75, 3.05) is 0 Å². The smallest absolute Gasteiger partial charge is 0.343 e. The second-order valence-electron chi connectivity index (χ2n) is 6.92. The van der Waals surface area contributed by atoms with Gasteiger partial charge < -0.3 is 14.2 Å². The summed E-state index contributed by atoms with van der Waals surface area (Å²) >= 11 is 0. The minimum absolute atomic E-state index is 0.285. The van der Waals surface area contributed by atoms with Crippen molar-refractivity contribution < 1.29 is 28.6 Å². The number of ether oxygens (including phenoxy) is 3. The van der Waals surface area contributed by atoms with E-state index in [2.05, 4.69) is 13.2 Å². The van der Waals surface area contributed by atoms with Crippen LogP contribution < -0.4 is 14.2 Å². The van der Waals surface area contributed by atoms with E-state index in [4.69, 9.17) is 14.2 Å². The van der Waals surface area contributed by atoms with Gasteiger partial charge in [-0.15, -0.1) is 0 Å². The van der Waals surface area contributed by atoms with Crippen LogP contribution in [-0.4, -0.2) is 17.9 Å². The minimum Gasteiger partial charge on any atom is -0.423 e. The normalized spacial score (nSPS) is 10.3. The van der Waals surface area contributed by atoms with Gasteiger partial charge in [0, 0.05) is 11.1 Å². The van der Waals surface area contributed by atoms with Crippen LogP contribution >= 0.6 is 0 Å². The highest BCUT2D eigenvalue weighted by molar-refractivity contribution is 5.97. The molecule has 0 atom stereocenters. The van der Waals surface area contributed by atoms with Crippen molar-refractivity contribution in [1.82, 2.24) is 0 Å². The average Bonchev–Trinajstić information content (AvgIpc) is 2.74. The molecule has 6 heteroatoms. The van der Waals surface area contributed by atoms with Gasteiger partial charge in [0.25, 0.3) is 0 Å². The van der Waals surface area contributed by atoms with E-state index in [-0.39, 0.29) is 5.57 Å². The molecule has 0 unspecified atom stereocenters. The zero-order valence-electron chi connectivity index (χ0n) is 17.1. The van der Waals surface area contributed by atoms with Gasteiger partial charge in [-0.1, -0.05) is 25.3 Å².